The van der Waals surface area contributed by atoms with E-state index >= 15 is 0 Å². The van der Waals surface area contributed by atoms with Crippen LogP contribution >= 0.6 is 0 Å². The zero-order valence-electron chi connectivity index (χ0n) is 42.7. The summed E-state index contributed by atoms with van der Waals surface area (Å²) in [6.07, 6.45) is 48.3. The molecular weight excluding hydrogens is 769 g/mol. The summed E-state index contributed by atoms with van der Waals surface area (Å²) in [5.74, 6) is 1.59. The van der Waals surface area contributed by atoms with Crippen LogP contribution in [-0.4, -0.2) is 37.2 Å². The largest absolute Gasteiger partial charge is 0.462 e. The van der Waals surface area contributed by atoms with E-state index < -0.39 is 6.10 Å². The van der Waals surface area contributed by atoms with Crippen molar-refractivity contribution in [3.63, 3.8) is 0 Å². The molecule has 0 saturated heterocycles. The summed E-state index contributed by atoms with van der Waals surface area (Å²) >= 11 is 0. The summed E-state index contributed by atoms with van der Waals surface area (Å²) in [5, 5.41) is 0. The minimum absolute atomic E-state index is 0.0652. The van der Waals surface area contributed by atoms with Crippen LogP contribution in [0.2, 0.25) is 0 Å². The fourth-order valence-corrected chi connectivity index (χ4v) is 8.47. The van der Waals surface area contributed by atoms with Gasteiger partial charge in [-0.25, -0.2) is 0 Å². The van der Waals surface area contributed by atoms with Crippen molar-refractivity contribution < 1.29 is 28.6 Å². The number of esters is 3. The third-order valence-corrected chi connectivity index (χ3v) is 12.6. The van der Waals surface area contributed by atoms with Gasteiger partial charge in [0.05, 0.1) is 0 Å². The summed E-state index contributed by atoms with van der Waals surface area (Å²) in [6.45, 7) is 13.7. The van der Waals surface area contributed by atoms with E-state index in [1.165, 1.54) is 186 Å². The van der Waals surface area contributed by atoms with Crippen LogP contribution in [0.4, 0.5) is 0 Å². The van der Waals surface area contributed by atoms with Crippen molar-refractivity contribution in [1.82, 2.24) is 0 Å². The lowest BCUT2D eigenvalue weighted by atomic mass is 10.0. The minimum Gasteiger partial charge on any atom is -0.462 e. The van der Waals surface area contributed by atoms with Crippen molar-refractivity contribution >= 4 is 17.9 Å². The summed E-state index contributed by atoms with van der Waals surface area (Å²) in [6, 6.07) is 0. The molecule has 0 fully saturated rings. The third-order valence-electron chi connectivity index (χ3n) is 12.6. The quantitative estimate of drug-likeness (QED) is 0.0344. The lowest BCUT2D eigenvalue weighted by molar-refractivity contribution is -0.167. The van der Waals surface area contributed by atoms with Gasteiger partial charge in [-0.05, 0) is 37.0 Å². The fourth-order valence-electron chi connectivity index (χ4n) is 8.47. The van der Waals surface area contributed by atoms with Crippen molar-refractivity contribution in [2.75, 3.05) is 13.2 Å². The maximum Gasteiger partial charge on any atom is 0.306 e. The average Bonchev–Trinajstić information content (AvgIpc) is 3.23. The molecule has 0 aromatic carbocycles. The molecule has 0 aliphatic heterocycles. The number of ether oxygens (including phenoxy) is 3. The summed E-state index contributed by atoms with van der Waals surface area (Å²) in [5.41, 5.74) is 0. The molecule has 6 heteroatoms. The molecule has 0 unspecified atom stereocenters. The zero-order valence-corrected chi connectivity index (χ0v) is 42.7. The Balaban J connectivity index is 4.17. The number of unbranched alkanes of at least 4 members (excludes halogenated alkanes) is 32. The van der Waals surface area contributed by atoms with Gasteiger partial charge in [0, 0.05) is 19.3 Å². The number of rotatable bonds is 49. The van der Waals surface area contributed by atoms with Crippen LogP contribution in [0.1, 0.15) is 305 Å². The molecule has 0 bridgehead atoms. The third kappa shape index (κ3) is 49.4. The van der Waals surface area contributed by atoms with E-state index in [2.05, 4.69) is 41.5 Å². The van der Waals surface area contributed by atoms with E-state index in [9.17, 15) is 14.4 Å². The lowest BCUT2D eigenvalue weighted by Gasteiger charge is -2.18. The Morgan fingerprint density at radius 1 is 0.274 bits per heavy atom. The van der Waals surface area contributed by atoms with Gasteiger partial charge in [-0.3, -0.25) is 14.4 Å². The SMILES string of the molecule is CC(C)CCCCCCCCCCCCCCCCCCCCC(=O)OC[C@@H](COC(=O)CCCCCCCCCCCCCC(C)C)OC(=O)CCCCCCCCC(C)C. The first-order chi connectivity index (χ1) is 30.1. The normalized spacial score (nSPS) is 12.1. The summed E-state index contributed by atoms with van der Waals surface area (Å²) in [4.78, 5) is 37.9. The molecular formula is C56H108O6. The van der Waals surface area contributed by atoms with Crippen LogP contribution in [0.5, 0.6) is 0 Å². The number of hydrogen-bond donors (Lipinski definition) is 0. The Labute approximate surface area is 387 Å². The highest BCUT2D eigenvalue weighted by molar-refractivity contribution is 5.71. The molecule has 0 rings (SSSR count). The highest BCUT2D eigenvalue weighted by Gasteiger charge is 2.19. The molecule has 0 amide bonds. The second-order valence-corrected chi connectivity index (χ2v) is 20.6. The molecule has 0 aromatic rings. The van der Waals surface area contributed by atoms with Gasteiger partial charge >= 0.3 is 17.9 Å². The van der Waals surface area contributed by atoms with Gasteiger partial charge in [-0.2, -0.15) is 0 Å². The molecule has 62 heavy (non-hydrogen) atoms. The van der Waals surface area contributed by atoms with Crippen LogP contribution in [0, 0.1) is 17.8 Å². The minimum atomic E-state index is -0.763. The molecule has 0 heterocycles. The maximum atomic E-state index is 12.7. The molecule has 6 nitrogen and oxygen atoms in total. The molecule has 0 saturated carbocycles. The van der Waals surface area contributed by atoms with E-state index in [-0.39, 0.29) is 31.1 Å². The first-order valence-electron chi connectivity index (χ1n) is 27.6. The number of hydrogen-bond acceptors (Lipinski definition) is 6. The standard InChI is InChI=1S/C56H108O6/c1-50(2)42-36-30-24-20-16-13-11-9-7-8-10-12-14-18-22-26-33-39-45-54(57)60-48-53(62-56(59)47-41-35-29-28-32-38-44-52(5)6)49-61-55(58)46-40-34-27-23-19-15-17-21-25-31-37-43-51(3)4/h50-53H,7-49H2,1-6H3/t53-/m0/s1. The van der Waals surface area contributed by atoms with Gasteiger partial charge in [0.1, 0.15) is 13.2 Å². The molecule has 0 N–H and O–H groups in total. The van der Waals surface area contributed by atoms with Crippen LogP contribution in [0.15, 0.2) is 0 Å². The van der Waals surface area contributed by atoms with Crippen molar-refractivity contribution in [1.29, 1.82) is 0 Å². The monoisotopic (exact) mass is 877 g/mol. The zero-order chi connectivity index (χ0) is 45.6. The van der Waals surface area contributed by atoms with E-state index in [0.29, 0.717) is 19.3 Å². The highest BCUT2D eigenvalue weighted by Crippen LogP contribution is 2.18. The van der Waals surface area contributed by atoms with Crippen molar-refractivity contribution in [3.8, 4) is 0 Å². The summed E-state index contributed by atoms with van der Waals surface area (Å²) < 4.78 is 16.8. The predicted molar refractivity (Wildman–Crippen MR) is 266 cm³/mol. The van der Waals surface area contributed by atoms with Gasteiger partial charge in [-0.15, -0.1) is 0 Å². The molecule has 0 aliphatic carbocycles. The van der Waals surface area contributed by atoms with E-state index in [0.717, 1.165) is 75.5 Å². The lowest BCUT2D eigenvalue weighted by Crippen LogP contribution is -2.30. The molecule has 1 atom stereocenters. The van der Waals surface area contributed by atoms with Crippen molar-refractivity contribution in [2.45, 2.75) is 311 Å². The van der Waals surface area contributed by atoms with Crippen LogP contribution < -0.4 is 0 Å². The Kier molecular flexibility index (Phi) is 46.2. The Bertz CT molecular complexity index is 960. The smallest absolute Gasteiger partial charge is 0.306 e. The summed E-state index contributed by atoms with van der Waals surface area (Å²) in [7, 11) is 0. The van der Waals surface area contributed by atoms with E-state index in [1.807, 2.05) is 0 Å². The van der Waals surface area contributed by atoms with Crippen molar-refractivity contribution in [2.24, 2.45) is 17.8 Å². The first kappa shape index (κ1) is 60.4. The molecule has 0 spiro atoms. The number of carbonyl (C=O) groups is 3. The fraction of sp³-hybridized carbons (Fsp3) is 0.946. The van der Waals surface area contributed by atoms with Gasteiger partial charge in [0.15, 0.2) is 6.10 Å². The molecule has 0 aromatic heterocycles. The van der Waals surface area contributed by atoms with Gasteiger partial charge in [0.2, 0.25) is 0 Å². The second-order valence-electron chi connectivity index (χ2n) is 20.6. The Morgan fingerprint density at radius 2 is 0.468 bits per heavy atom. The topological polar surface area (TPSA) is 78.9 Å². The predicted octanol–water partition coefficient (Wildman–Crippen LogP) is 17.9. The van der Waals surface area contributed by atoms with Gasteiger partial charge < -0.3 is 14.2 Å². The average molecular weight is 877 g/mol. The van der Waals surface area contributed by atoms with Crippen molar-refractivity contribution in [3.05, 3.63) is 0 Å². The molecule has 368 valence electrons. The Morgan fingerprint density at radius 3 is 0.694 bits per heavy atom. The Hall–Kier alpha value is -1.59. The van der Waals surface area contributed by atoms with Crippen LogP contribution in [0.25, 0.3) is 0 Å². The number of carbonyl (C=O) groups excluding carboxylic acids is 3. The van der Waals surface area contributed by atoms with Crippen LogP contribution in [0.3, 0.4) is 0 Å². The van der Waals surface area contributed by atoms with Gasteiger partial charge in [-0.1, -0.05) is 266 Å². The first-order valence-corrected chi connectivity index (χ1v) is 27.6. The highest BCUT2D eigenvalue weighted by atomic mass is 16.6. The van der Waals surface area contributed by atoms with E-state index in [4.69, 9.17) is 14.2 Å². The van der Waals surface area contributed by atoms with Crippen LogP contribution in [-0.2, 0) is 28.6 Å². The van der Waals surface area contributed by atoms with E-state index in [1.54, 1.807) is 0 Å². The molecule has 0 radical (unpaired) electrons. The maximum absolute atomic E-state index is 12.7. The van der Waals surface area contributed by atoms with Gasteiger partial charge in [0.25, 0.3) is 0 Å². The second kappa shape index (κ2) is 47.4. The molecule has 0 aliphatic rings.